The van der Waals surface area contributed by atoms with Crippen molar-refractivity contribution in [3.63, 3.8) is 0 Å². The number of benzene rings is 1. The number of aldehydes is 1. The summed E-state index contributed by atoms with van der Waals surface area (Å²) in [7, 11) is 0. The Hall–Kier alpha value is -1.31. The van der Waals surface area contributed by atoms with E-state index in [1.54, 1.807) is 12.1 Å². The van der Waals surface area contributed by atoms with Crippen molar-refractivity contribution < 1.29 is 9.53 Å². The standard InChI is InChI=1S/C12H14O2/c13-9-10-4-3-7-12(8-10)14-11-5-1-2-6-11/h3-4,7-9,11H,1-2,5-6H2. The first-order chi connectivity index (χ1) is 6.88. The van der Waals surface area contributed by atoms with E-state index in [1.807, 2.05) is 12.1 Å². The minimum atomic E-state index is 0.358. The lowest BCUT2D eigenvalue weighted by atomic mass is 10.2. The molecular weight excluding hydrogens is 176 g/mol. The third kappa shape index (κ3) is 2.13. The van der Waals surface area contributed by atoms with Crippen molar-refractivity contribution in [3.05, 3.63) is 29.8 Å². The Morgan fingerprint density at radius 2 is 2.07 bits per heavy atom. The fourth-order valence-electron chi connectivity index (χ4n) is 1.86. The molecule has 0 atom stereocenters. The Bertz CT molecular complexity index is 314. The largest absolute Gasteiger partial charge is 0.490 e. The molecule has 0 aliphatic heterocycles. The second kappa shape index (κ2) is 4.27. The van der Waals surface area contributed by atoms with Crippen molar-refractivity contribution in [2.24, 2.45) is 0 Å². The molecule has 1 aromatic rings. The Morgan fingerprint density at radius 1 is 1.29 bits per heavy atom. The van der Waals surface area contributed by atoms with Gasteiger partial charge in [-0.05, 0) is 37.8 Å². The van der Waals surface area contributed by atoms with Gasteiger partial charge in [0.1, 0.15) is 12.0 Å². The first kappa shape index (κ1) is 9.25. The van der Waals surface area contributed by atoms with Gasteiger partial charge in [0.25, 0.3) is 0 Å². The maximum atomic E-state index is 10.5. The van der Waals surface area contributed by atoms with E-state index >= 15 is 0 Å². The topological polar surface area (TPSA) is 26.3 Å². The summed E-state index contributed by atoms with van der Waals surface area (Å²) in [5.41, 5.74) is 0.681. The van der Waals surface area contributed by atoms with E-state index in [1.165, 1.54) is 12.8 Å². The predicted octanol–water partition coefficient (Wildman–Crippen LogP) is 2.82. The van der Waals surface area contributed by atoms with Gasteiger partial charge in [0, 0.05) is 5.56 Å². The minimum Gasteiger partial charge on any atom is -0.490 e. The molecule has 0 aromatic heterocycles. The highest BCUT2D eigenvalue weighted by Crippen LogP contribution is 2.24. The van der Waals surface area contributed by atoms with E-state index in [0.717, 1.165) is 24.9 Å². The third-order valence-corrected chi connectivity index (χ3v) is 2.60. The van der Waals surface area contributed by atoms with E-state index in [-0.39, 0.29) is 0 Å². The Morgan fingerprint density at radius 3 is 2.79 bits per heavy atom. The fourth-order valence-corrected chi connectivity index (χ4v) is 1.86. The van der Waals surface area contributed by atoms with Gasteiger partial charge in [0.05, 0.1) is 6.10 Å². The van der Waals surface area contributed by atoms with Crippen LogP contribution >= 0.6 is 0 Å². The predicted molar refractivity (Wildman–Crippen MR) is 54.7 cm³/mol. The van der Waals surface area contributed by atoms with E-state index in [2.05, 4.69) is 0 Å². The number of hydrogen-bond donors (Lipinski definition) is 0. The fraction of sp³-hybridized carbons (Fsp3) is 0.417. The lowest BCUT2D eigenvalue weighted by Crippen LogP contribution is -2.10. The van der Waals surface area contributed by atoms with Crippen LogP contribution in [0.4, 0.5) is 0 Å². The molecule has 0 bridgehead atoms. The molecule has 0 heterocycles. The third-order valence-electron chi connectivity index (χ3n) is 2.60. The number of carbonyl (C=O) groups is 1. The van der Waals surface area contributed by atoms with Crippen LogP contribution in [0.1, 0.15) is 36.0 Å². The molecule has 0 N–H and O–H groups in total. The van der Waals surface area contributed by atoms with Crippen molar-refractivity contribution in [3.8, 4) is 5.75 Å². The summed E-state index contributed by atoms with van der Waals surface area (Å²) in [5, 5.41) is 0. The molecule has 2 rings (SSSR count). The van der Waals surface area contributed by atoms with Gasteiger partial charge >= 0.3 is 0 Å². The summed E-state index contributed by atoms with van der Waals surface area (Å²) in [5.74, 6) is 0.821. The molecule has 1 aliphatic rings. The second-order valence-corrected chi connectivity index (χ2v) is 3.71. The second-order valence-electron chi connectivity index (χ2n) is 3.71. The van der Waals surface area contributed by atoms with Crippen molar-refractivity contribution in [2.45, 2.75) is 31.8 Å². The molecule has 2 heteroatoms. The first-order valence-corrected chi connectivity index (χ1v) is 5.10. The average Bonchev–Trinajstić information content (AvgIpc) is 2.71. The van der Waals surface area contributed by atoms with Crippen LogP contribution in [0.5, 0.6) is 5.75 Å². The van der Waals surface area contributed by atoms with Crippen molar-refractivity contribution in [1.29, 1.82) is 0 Å². The van der Waals surface area contributed by atoms with Gasteiger partial charge in [0.2, 0.25) is 0 Å². The van der Waals surface area contributed by atoms with Crippen LogP contribution in [0, 0.1) is 0 Å². The van der Waals surface area contributed by atoms with Gasteiger partial charge in [-0.2, -0.15) is 0 Å². The molecule has 74 valence electrons. The summed E-state index contributed by atoms with van der Waals surface area (Å²) in [6.45, 7) is 0. The molecule has 1 saturated carbocycles. The number of rotatable bonds is 3. The van der Waals surface area contributed by atoms with Crippen LogP contribution in [0.15, 0.2) is 24.3 Å². The van der Waals surface area contributed by atoms with Gasteiger partial charge in [-0.1, -0.05) is 12.1 Å². The molecular formula is C12H14O2. The molecule has 0 spiro atoms. The van der Waals surface area contributed by atoms with E-state index in [0.29, 0.717) is 11.7 Å². The molecule has 1 aromatic carbocycles. The van der Waals surface area contributed by atoms with Crippen LogP contribution in [-0.4, -0.2) is 12.4 Å². The van der Waals surface area contributed by atoms with Crippen LogP contribution in [0.25, 0.3) is 0 Å². The Labute approximate surface area is 83.9 Å². The lowest BCUT2D eigenvalue weighted by Gasteiger charge is -2.12. The van der Waals surface area contributed by atoms with Crippen molar-refractivity contribution in [2.75, 3.05) is 0 Å². The molecule has 1 fully saturated rings. The number of carbonyl (C=O) groups excluding carboxylic acids is 1. The van der Waals surface area contributed by atoms with Crippen LogP contribution in [0.3, 0.4) is 0 Å². The van der Waals surface area contributed by atoms with Gasteiger partial charge < -0.3 is 4.74 Å². The summed E-state index contributed by atoms with van der Waals surface area (Å²) in [6.07, 6.45) is 6.02. The number of hydrogen-bond acceptors (Lipinski definition) is 2. The maximum Gasteiger partial charge on any atom is 0.150 e. The highest BCUT2D eigenvalue weighted by atomic mass is 16.5. The zero-order chi connectivity index (χ0) is 9.80. The van der Waals surface area contributed by atoms with Gasteiger partial charge in [-0.3, -0.25) is 4.79 Å². The molecule has 0 unspecified atom stereocenters. The zero-order valence-electron chi connectivity index (χ0n) is 8.11. The highest BCUT2D eigenvalue weighted by molar-refractivity contribution is 5.75. The number of ether oxygens (including phenoxy) is 1. The normalized spacial score (nSPS) is 16.9. The van der Waals surface area contributed by atoms with Crippen molar-refractivity contribution >= 4 is 6.29 Å². The quantitative estimate of drug-likeness (QED) is 0.685. The summed E-state index contributed by atoms with van der Waals surface area (Å²) < 4.78 is 5.76. The summed E-state index contributed by atoms with van der Waals surface area (Å²) in [4.78, 5) is 10.5. The SMILES string of the molecule is O=Cc1cccc(OC2CCCC2)c1. The minimum absolute atomic E-state index is 0.358. The van der Waals surface area contributed by atoms with Crippen LogP contribution in [-0.2, 0) is 0 Å². The zero-order valence-corrected chi connectivity index (χ0v) is 8.11. The van der Waals surface area contributed by atoms with Crippen LogP contribution < -0.4 is 4.74 Å². The molecule has 0 saturated heterocycles. The van der Waals surface area contributed by atoms with Crippen LogP contribution in [0.2, 0.25) is 0 Å². The summed E-state index contributed by atoms with van der Waals surface area (Å²) in [6, 6.07) is 7.35. The van der Waals surface area contributed by atoms with Gasteiger partial charge in [0.15, 0.2) is 0 Å². The summed E-state index contributed by atoms with van der Waals surface area (Å²) >= 11 is 0. The monoisotopic (exact) mass is 190 g/mol. The maximum absolute atomic E-state index is 10.5. The molecule has 14 heavy (non-hydrogen) atoms. The molecule has 0 radical (unpaired) electrons. The van der Waals surface area contributed by atoms with Gasteiger partial charge in [-0.15, -0.1) is 0 Å². The first-order valence-electron chi connectivity index (χ1n) is 5.10. The van der Waals surface area contributed by atoms with Gasteiger partial charge in [-0.25, -0.2) is 0 Å². The smallest absolute Gasteiger partial charge is 0.150 e. The van der Waals surface area contributed by atoms with Crippen molar-refractivity contribution in [1.82, 2.24) is 0 Å². The Balaban J connectivity index is 2.04. The molecule has 0 amide bonds. The molecule has 2 nitrogen and oxygen atoms in total. The van der Waals surface area contributed by atoms with E-state index in [4.69, 9.17) is 4.74 Å². The average molecular weight is 190 g/mol. The Kier molecular flexibility index (Phi) is 2.82. The van der Waals surface area contributed by atoms with E-state index < -0.39 is 0 Å². The highest BCUT2D eigenvalue weighted by Gasteiger charge is 2.16. The van der Waals surface area contributed by atoms with E-state index in [9.17, 15) is 4.79 Å². The lowest BCUT2D eigenvalue weighted by molar-refractivity contribution is 0.112. The molecule has 1 aliphatic carbocycles.